The van der Waals surface area contributed by atoms with Crippen molar-refractivity contribution in [3.8, 4) is 0 Å². The summed E-state index contributed by atoms with van der Waals surface area (Å²) in [6.07, 6.45) is 9.28. The number of nitrogens with zero attached hydrogens (tertiary/aromatic N) is 1. The number of aliphatic hydroxyl groups excluding tert-OH is 1. The number of ether oxygens (including phenoxy) is 1. The fourth-order valence-corrected chi connectivity index (χ4v) is 1.51. The van der Waals surface area contributed by atoms with Crippen LogP contribution < -0.4 is 0 Å². The fraction of sp³-hybridized carbons (Fsp3) is 0.545. The molecule has 0 spiro atoms. The number of allylic oxidation sites excluding steroid dienone is 3. The summed E-state index contributed by atoms with van der Waals surface area (Å²) >= 11 is 0. The Morgan fingerprint density at radius 3 is 2.69 bits per heavy atom. The SMILES string of the molecule is CN(/C=C\C=C/C=O)C1CCC(CO)O1.[Pd]. The molecule has 0 saturated carbocycles. The van der Waals surface area contributed by atoms with E-state index in [9.17, 15) is 4.79 Å². The third-order valence-corrected chi connectivity index (χ3v) is 2.37. The number of hydrogen-bond donors (Lipinski definition) is 1. The molecule has 1 N–H and O–H groups in total. The summed E-state index contributed by atoms with van der Waals surface area (Å²) < 4.78 is 5.56. The quantitative estimate of drug-likeness (QED) is 0.351. The average Bonchev–Trinajstić information content (AvgIpc) is 2.72. The Balaban J connectivity index is 0.00000225. The van der Waals surface area contributed by atoms with Gasteiger partial charge in [0.15, 0.2) is 0 Å². The maximum Gasteiger partial charge on any atom is 0.142 e. The molecule has 5 heteroatoms. The fourth-order valence-electron chi connectivity index (χ4n) is 1.51. The van der Waals surface area contributed by atoms with Gasteiger partial charge in [0, 0.05) is 33.7 Å². The van der Waals surface area contributed by atoms with Crippen molar-refractivity contribution in [1.29, 1.82) is 0 Å². The van der Waals surface area contributed by atoms with E-state index in [1.54, 1.807) is 12.2 Å². The molecule has 16 heavy (non-hydrogen) atoms. The van der Waals surface area contributed by atoms with Crippen LogP contribution in [0.5, 0.6) is 0 Å². The third kappa shape index (κ3) is 5.04. The van der Waals surface area contributed by atoms with Crippen molar-refractivity contribution in [2.45, 2.75) is 25.2 Å². The molecule has 0 aromatic carbocycles. The third-order valence-electron chi connectivity index (χ3n) is 2.37. The Morgan fingerprint density at radius 2 is 2.12 bits per heavy atom. The van der Waals surface area contributed by atoms with Crippen LogP contribution in [0, 0.1) is 0 Å². The van der Waals surface area contributed by atoms with E-state index in [1.807, 2.05) is 18.1 Å². The molecule has 0 aliphatic carbocycles. The zero-order valence-electron chi connectivity index (χ0n) is 9.19. The molecule has 1 saturated heterocycles. The van der Waals surface area contributed by atoms with Gasteiger partial charge in [-0.25, -0.2) is 0 Å². The number of hydrogen-bond acceptors (Lipinski definition) is 4. The van der Waals surface area contributed by atoms with E-state index in [0.29, 0.717) is 0 Å². The first-order chi connectivity index (χ1) is 7.27. The minimum atomic E-state index is -0.0311. The molecule has 0 aromatic rings. The van der Waals surface area contributed by atoms with Crippen LogP contribution >= 0.6 is 0 Å². The Morgan fingerprint density at radius 1 is 1.38 bits per heavy atom. The van der Waals surface area contributed by atoms with Gasteiger partial charge >= 0.3 is 0 Å². The van der Waals surface area contributed by atoms with Crippen molar-refractivity contribution >= 4 is 6.29 Å². The monoisotopic (exact) mass is 317 g/mol. The first kappa shape index (κ1) is 15.5. The second-order valence-corrected chi connectivity index (χ2v) is 3.50. The Labute approximate surface area is 110 Å². The first-order valence-corrected chi connectivity index (χ1v) is 5.05. The van der Waals surface area contributed by atoms with Crippen LogP contribution in [0.25, 0.3) is 0 Å². The maximum absolute atomic E-state index is 10.0. The van der Waals surface area contributed by atoms with Crippen molar-refractivity contribution in [3.63, 3.8) is 0 Å². The molecular weight excluding hydrogens is 301 g/mol. The van der Waals surface area contributed by atoms with Gasteiger partial charge in [-0.2, -0.15) is 0 Å². The summed E-state index contributed by atoms with van der Waals surface area (Å²) in [4.78, 5) is 11.9. The van der Waals surface area contributed by atoms with Crippen LogP contribution in [0.4, 0.5) is 0 Å². The molecule has 1 aliphatic rings. The average molecular weight is 318 g/mol. The summed E-state index contributed by atoms with van der Waals surface area (Å²) in [5.74, 6) is 0. The second kappa shape index (κ2) is 8.66. The van der Waals surface area contributed by atoms with Gasteiger partial charge in [0.25, 0.3) is 0 Å². The van der Waals surface area contributed by atoms with Crippen LogP contribution in [0.3, 0.4) is 0 Å². The molecule has 0 aromatic heterocycles. The molecule has 0 radical (unpaired) electrons. The minimum absolute atomic E-state index is 0. The van der Waals surface area contributed by atoms with E-state index < -0.39 is 0 Å². The van der Waals surface area contributed by atoms with Gasteiger partial charge < -0.3 is 14.7 Å². The second-order valence-electron chi connectivity index (χ2n) is 3.50. The van der Waals surface area contributed by atoms with Gasteiger partial charge in [0.2, 0.25) is 0 Å². The first-order valence-electron chi connectivity index (χ1n) is 5.05. The summed E-state index contributed by atoms with van der Waals surface area (Å²) in [5, 5.41) is 8.90. The molecular formula is C11H17NO3Pd. The van der Waals surface area contributed by atoms with Crippen molar-refractivity contribution in [3.05, 3.63) is 24.4 Å². The van der Waals surface area contributed by atoms with Crippen LogP contribution in [-0.2, 0) is 30.0 Å². The smallest absolute Gasteiger partial charge is 0.142 e. The molecule has 0 bridgehead atoms. The predicted octanol–water partition coefficient (Wildman–Crippen LogP) is 0.682. The maximum atomic E-state index is 10.0. The number of carbonyl (C=O) groups is 1. The van der Waals surface area contributed by atoms with Gasteiger partial charge in [0.05, 0.1) is 12.7 Å². The zero-order valence-corrected chi connectivity index (χ0v) is 10.7. The van der Waals surface area contributed by atoms with Gasteiger partial charge in [-0.05, 0) is 25.0 Å². The van der Waals surface area contributed by atoms with Crippen LogP contribution in [0.2, 0.25) is 0 Å². The summed E-state index contributed by atoms with van der Waals surface area (Å²) in [6, 6.07) is 0. The Bertz CT molecular complexity index is 256. The predicted molar refractivity (Wildman–Crippen MR) is 57.1 cm³/mol. The van der Waals surface area contributed by atoms with E-state index in [2.05, 4.69) is 0 Å². The standard InChI is InChI=1S/C11H17NO3.Pd/c1-12(7-3-2-4-8-13)11-6-5-10(9-14)15-11;/h2-4,7-8,10-11,14H,5-6,9H2,1H3;/b4-2-,7-3-;. The van der Waals surface area contributed by atoms with Gasteiger partial charge in [-0.3, -0.25) is 4.79 Å². The molecule has 1 heterocycles. The van der Waals surface area contributed by atoms with Gasteiger partial charge in [0.1, 0.15) is 12.5 Å². The van der Waals surface area contributed by atoms with Crippen molar-refractivity contribution in [2.24, 2.45) is 0 Å². The minimum Gasteiger partial charge on any atom is -0.394 e. The van der Waals surface area contributed by atoms with Crippen molar-refractivity contribution in [1.82, 2.24) is 4.90 Å². The number of carbonyl (C=O) groups excluding carboxylic acids is 1. The number of rotatable bonds is 5. The molecule has 1 aliphatic heterocycles. The molecule has 1 fully saturated rings. The van der Waals surface area contributed by atoms with Crippen LogP contribution in [-0.4, -0.2) is 42.3 Å². The summed E-state index contributed by atoms with van der Waals surface area (Å²) in [7, 11) is 1.91. The van der Waals surface area contributed by atoms with E-state index in [0.717, 1.165) is 19.1 Å². The van der Waals surface area contributed by atoms with Crippen molar-refractivity contribution in [2.75, 3.05) is 13.7 Å². The van der Waals surface area contributed by atoms with Crippen LogP contribution in [0.15, 0.2) is 24.4 Å². The largest absolute Gasteiger partial charge is 0.394 e. The van der Waals surface area contributed by atoms with E-state index in [-0.39, 0.29) is 39.4 Å². The van der Waals surface area contributed by atoms with Gasteiger partial charge in [-0.1, -0.05) is 6.08 Å². The Kier molecular flexibility index (Phi) is 8.40. The summed E-state index contributed by atoms with van der Waals surface area (Å²) in [6.45, 7) is 0.0824. The number of aliphatic hydroxyl groups is 1. The number of aldehydes is 1. The summed E-state index contributed by atoms with van der Waals surface area (Å²) in [5.41, 5.74) is 0. The molecule has 1 rings (SSSR count). The topological polar surface area (TPSA) is 49.8 Å². The van der Waals surface area contributed by atoms with Crippen LogP contribution in [0.1, 0.15) is 12.8 Å². The van der Waals surface area contributed by atoms with E-state index in [4.69, 9.17) is 9.84 Å². The van der Waals surface area contributed by atoms with E-state index in [1.165, 1.54) is 6.08 Å². The van der Waals surface area contributed by atoms with Gasteiger partial charge in [-0.15, -0.1) is 0 Å². The molecule has 94 valence electrons. The normalized spacial score (nSPS) is 24.9. The zero-order chi connectivity index (χ0) is 11.1. The van der Waals surface area contributed by atoms with E-state index >= 15 is 0 Å². The van der Waals surface area contributed by atoms with Crippen molar-refractivity contribution < 1.29 is 35.1 Å². The molecule has 4 nitrogen and oxygen atoms in total. The Hall–Kier alpha value is -0.468. The molecule has 0 amide bonds. The molecule has 2 unspecified atom stereocenters. The molecule has 2 atom stereocenters.